The van der Waals surface area contributed by atoms with Gasteiger partial charge in [0.05, 0.1) is 6.54 Å². The first kappa shape index (κ1) is 20.0. The molecule has 6 heteroatoms. The minimum absolute atomic E-state index is 0.147. The van der Waals surface area contributed by atoms with Gasteiger partial charge in [-0.15, -0.1) is 0 Å². The van der Waals surface area contributed by atoms with Crippen molar-refractivity contribution in [2.45, 2.75) is 37.9 Å². The molecule has 140 valence electrons. The van der Waals surface area contributed by atoms with Crippen molar-refractivity contribution in [3.8, 4) is 0 Å². The Morgan fingerprint density at radius 1 is 1.24 bits per heavy atom. The number of thioether (sulfide) groups is 1. The molecule has 1 aromatic carbocycles. The number of hydrogen-bond donors (Lipinski definition) is 2. The second kappa shape index (κ2) is 10.7. The molecule has 1 heterocycles. The zero-order valence-corrected chi connectivity index (χ0v) is 16.1. The van der Waals surface area contributed by atoms with Crippen LogP contribution in [0.1, 0.15) is 32.3 Å². The summed E-state index contributed by atoms with van der Waals surface area (Å²) in [6.07, 6.45) is 2.73. The Labute approximate surface area is 155 Å². The highest BCUT2D eigenvalue weighted by molar-refractivity contribution is 8.00. The third-order valence-electron chi connectivity index (χ3n) is 4.37. The Hall–Kier alpha value is -1.27. The Morgan fingerprint density at radius 2 is 2.00 bits per heavy atom. The van der Waals surface area contributed by atoms with Crippen molar-refractivity contribution in [3.63, 3.8) is 0 Å². The van der Waals surface area contributed by atoms with E-state index >= 15 is 0 Å². The Bertz CT molecular complexity index is 542. The van der Waals surface area contributed by atoms with Gasteiger partial charge in [0.2, 0.25) is 0 Å². The predicted octanol–water partition coefficient (Wildman–Crippen LogP) is 3.23. The van der Waals surface area contributed by atoms with Crippen molar-refractivity contribution in [1.82, 2.24) is 10.6 Å². The average molecular weight is 368 g/mol. The fourth-order valence-corrected chi connectivity index (χ4v) is 4.20. The highest BCUT2D eigenvalue weighted by Crippen LogP contribution is 2.35. The van der Waals surface area contributed by atoms with E-state index in [9.17, 15) is 4.39 Å². The van der Waals surface area contributed by atoms with Crippen molar-refractivity contribution in [2.24, 2.45) is 4.99 Å². The fourth-order valence-electron chi connectivity index (χ4n) is 2.98. The third kappa shape index (κ3) is 6.51. The lowest BCUT2D eigenvalue weighted by molar-refractivity contribution is 0.0793. The quantitative estimate of drug-likeness (QED) is 0.547. The summed E-state index contributed by atoms with van der Waals surface area (Å²) >= 11 is 1.99. The first-order chi connectivity index (χ1) is 12.2. The first-order valence-corrected chi connectivity index (χ1v) is 10.1. The zero-order chi connectivity index (χ0) is 18.0. The van der Waals surface area contributed by atoms with Gasteiger partial charge in [-0.2, -0.15) is 11.8 Å². The molecule has 0 aromatic heterocycles. The van der Waals surface area contributed by atoms with Crippen LogP contribution in [0.3, 0.4) is 0 Å². The smallest absolute Gasteiger partial charge is 0.191 e. The van der Waals surface area contributed by atoms with Crippen LogP contribution in [-0.4, -0.2) is 49.3 Å². The lowest BCUT2D eigenvalue weighted by Gasteiger charge is -2.35. The van der Waals surface area contributed by atoms with E-state index in [0.717, 1.165) is 56.4 Å². The van der Waals surface area contributed by atoms with E-state index in [-0.39, 0.29) is 10.6 Å². The number of nitrogens with zero attached hydrogens (tertiary/aromatic N) is 1. The molecule has 0 bridgehead atoms. The highest BCUT2D eigenvalue weighted by Gasteiger charge is 2.32. The highest BCUT2D eigenvalue weighted by atomic mass is 32.2. The fraction of sp³-hybridized carbons (Fsp3) is 0.632. The number of nitrogens with one attached hydrogen (secondary N) is 2. The lowest BCUT2D eigenvalue weighted by atomic mass is 9.99. The maximum absolute atomic E-state index is 13.7. The Kier molecular flexibility index (Phi) is 8.55. The van der Waals surface area contributed by atoms with Gasteiger partial charge in [0.1, 0.15) is 5.82 Å². The molecule has 1 aliphatic rings. The van der Waals surface area contributed by atoms with Gasteiger partial charge in [-0.3, -0.25) is 4.99 Å². The Morgan fingerprint density at radius 3 is 2.68 bits per heavy atom. The molecule has 1 aliphatic heterocycles. The molecule has 2 N–H and O–H groups in total. The molecule has 0 saturated carbocycles. The second-order valence-electron chi connectivity index (χ2n) is 6.19. The number of ether oxygens (including phenoxy) is 1. The number of hydrogen-bond acceptors (Lipinski definition) is 3. The van der Waals surface area contributed by atoms with Crippen LogP contribution in [0.5, 0.6) is 0 Å². The number of aliphatic imine (C=N–C) groups is 1. The van der Waals surface area contributed by atoms with Crippen LogP contribution in [-0.2, 0) is 11.2 Å². The van der Waals surface area contributed by atoms with Crippen LogP contribution in [0, 0.1) is 5.82 Å². The van der Waals surface area contributed by atoms with Gasteiger partial charge in [0, 0.05) is 31.1 Å². The summed E-state index contributed by atoms with van der Waals surface area (Å²) in [5.74, 6) is 1.75. The van der Waals surface area contributed by atoms with Crippen molar-refractivity contribution in [1.29, 1.82) is 0 Å². The van der Waals surface area contributed by atoms with Gasteiger partial charge in [-0.05, 0) is 43.6 Å². The minimum atomic E-state index is -0.147. The van der Waals surface area contributed by atoms with Gasteiger partial charge in [-0.25, -0.2) is 4.39 Å². The number of halogens is 1. The lowest BCUT2D eigenvalue weighted by Crippen LogP contribution is -2.41. The summed E-state index contributed by atoms with van der Waals surface area (Å²) in [5, 5.41) is 6.61. The van der Waals surface area contributed by atoms with Crippen molar-refractivity contribution < 1.29 is 9.13 Å². The third-order valence-corrected chi connectivity index (χ3v) is 5.81. The van der Waals surface area contributed by atoms with Crippen LogP contribution in [0.4, 0.5) is 4.39 Å². The number of rotatable bonds is 8. The predicted molar refractivity (Wildman–Crippen MR) is 105 cm³/mol. The molecule has 0 radical (unpaired) electrons. The topological polar surface area (TPSA) is 45.7 Å². The zero-order valence-electron chi connectivity index (χ0n) is 15.3. The van der Waals surface area contributed by atoms with E-state index in [4.69, 9.17) is 9.73 Å². The van der Waals surface area contributed by atoms with Gasteiger partial charge in [0.25, 0.3) is 0 Å². The maximum atomic E-state index is 13.7. The molecule has 1 fully saturated rings. The monoisotopic (exact) mass is 367 g/mol. The summed E-state index contributed by atoms with van der Waals surface area (Å²) in [5.41, 5.74) is 0.730. The summed E-state index contributed by atoms with van der Waals surface area (Å²) < 4.78 is 19.4. The number of guanidine groups is 1. The van der Waals surface area contributed by atoms with E-state index in [0.29, 0.717) is 13.0 Å². The van der Waals surface area contributed by atoms with E-state index in [1.165, 1.54) is 6.07 Å². The summed E-state index contributed by atoms with van der Waals surface area (Å²) in [4.78, 5) is 4.81. The molecule has 0 amide bonds. The molecule has 0 atom stereocenters. The van der Waals surface area contributed by atoms with Gasteiger partial charge < -0.3 is 15.4 Å². The van der Waals surface area contributed by atoms with Gasteiger partial charge in [0.15, 0.2) is 5.96 Å². The molecule has 0 spiro atoms. The molecule has 25 heavy (non-hydrogen) atoms. The molecule has 1 saturated heterocycles. The molecule has 1 aromatic rings. The van der Waals surface area contributed by atoms with Crippen molar-refractivity contribution >= 4 is 17.7 Å². The van der Waals surface area contributed by atoms with Crippen molar-refractivity contribution in [3.05, 3.63) is 35.6 Å². The summed E-state index contributed by atoms with van der Waals surface area (Å²) in [6, 6.07) is 6.92. The molecule has 4 nitrogen and oxygen atoms in total. The van der Waals surface area contributed by atoms with E-state index in [1.54, 1.807) is 6.07 Å². The summed E-state index contributed by atoms with van der Waals surface area (Å²) in [6.45, 7) is 8.14. The van der Waals surface area contributed by atoms with Crippen molar-refractivity contribution in [2.75, 3.05) is 38.6 Å². The summed E-state index contributed by atoms with van der Waals surface area (Å²) in [7, 11) is 0. The van der Waals surface area contributed by atoms with Gasteiger partial charge >= 0.3 is 0 Å². The first-order valence-electron chi connectivity index (χ1n) is 9.16. The molecule has 0 unspecified atom stereocenters. The van der Waals surface area contributed by atoms with E-state index < -0.39 is 0 Å². The van der Waals surface area contributed by atoms with Crippen LogP contribution in [0.15, 0.2) is 29.3 Å². The second-order valence-corrected chi connectivity index (χ2v) is 7.92. The number of benzene rings is 1. The minimum Gasteiger partial charge on any atom is -0.381 e. The normalized spacial score (nSPS) is 17.3. The largest absolute Gasteiger partial charge is 0.381 e. The van der Waals surface area contributed by atoms with Gasteiger partial charge in [-0.1, -0.05) is 25.1 Å². The van der Waals surface area contributed by atoms with E-state index in [1.807, 2.05) is 23.9 Å². The molecule has 0 aliphatic carbocycles. The average Bonchev–Trinajstić information content (AvgIpc) is 2.62. The molecular weight excluding hydrogens is 337 g/mol. The van der Waals surface area contributed by atoms with E-state index in [2.05, 4.69) is 24.5 Å². The van der Waals surface area contributed by atoms with Crippen LogP contribution < -0.4 is 10.6 Å². The maximum Gasteiger partial charge on any atom is 0.191 e. The Balaban J connectivity index is 1.91. The van der Waals surface area contributed by atoms with Crippen LogP contribution in [0.2, 0.25) is 0 Å². The van der Waals surface area contributed by atoms with Crippen LogP contribution in [0.25, 0.3) is 0 Å². The van der Waals surface area contributed by atoms with Crippen LogP contribution >= 0.6 is 11.8 Å². The molecule has 2 rings (SSSR count). The molecular formula is C19H30FN3OS. The standard InChI is InChI=1S/C19H30FN3OS/c1-3-21-18(22-12-9-16-7-5-6-8-17(16)20)23-15-19(25-4-2)10-13-24-14-11-19/h5-8H,3-4,9-15H2,1-2H3,(H2,21,22,23). The SMILES string of the molecule is CCNC(=NCC1(SCC)CCOCC1)NCCc1ccccc1F.